The minimum absolute atomic E-state index is 0.00115. The number of halogens is 1. The van der Waals surface area contributed by atoms with Gasteiger partial charge in [0.25, 0.3) is 0 Å². The second-order valence-corrected chi connectivity index (χ2v) is 8.62. The molecule has 3 N–H and O–H groups in total. The number of carbonyl (C=O) groups excluding carboxylic acids is 2. The minimum Gasteiger partial charge on any atom is -0.389 e. The predicted octanol–water partition coefficient (Wildman–Crippen LogP) is 2.03. The number of hydrogen-bond acceptors (Lipinski definition) is 5. The number of aliphatic hydroxyl groups excluding tert-OH is 1. The van der Waals surface area contributed by atoms with E-state index in [9.17, 15) is 19.1 Å². The third-order valence-electron chi connectivity index (χ3n) is 6.22. The van der Waals surface area contributed by atoms with Gasteiger partial charge in [-0.25, -0.2) is 9.18 Å². The third-order valence-corrected chi connectivity index (χ3v) is 6.22. The fourth-order valence-corrected chi connectivity index (χ4v) is 4.35. The molecule has 3 amide bonds. The highest BCUT2D eigenvalue weighted by Gasteiger charge is 2.40. The van der Waals surface area contributed by atoms with E-state index < -0.39 is 6.10 Å². The maximum Gasteiger partial charge on any atom is 0.322 e. The van der Waals surface area contributed by atoms with Crippen molar-refractivity contribution in [2.45, 2.75) is 68.9 Å². The Bertz CT molecular complexity index is 773. The van der Waals surface area contributed by atoms with Crippen LogP contribution in [0.5, 0.6) is 0 Å². The number of rotatable bonds is 4. The summed E-state index contributed by atoms with van der Waals surface area (Å²) < 4.78 is 24.9. The quantitative estimate of drug-likeness (QED) is 0.672. The summed E-state index contributed by atoms with van der Waals surface area (Å²) in [7, 11) is 0. The molecule has 0 radical (unpaired) electrons. The van der Waals surface area contributed by atoms with Crippen LogP contribution in [0.2, 0.25) is 0 Å². The van der Waals surface area contributed by atoms with Crippen LogP contribution in [0.4, 0.5) is 14.9 Å². The molecule has 1 aromatic carbocycles. The van der Waals surface area contributed by atoms with Crippen molar-refractivity contribution in [3.05, 3.63) is 30.1 Å². The van der Waals surface area contributed by atoms with E-state index in [2.05, 4.69) is 10.6 Å². The molecule has 0 spiro atoms. The highest BCUT2D eigenvalue weighted by molar-refractivity contribution is 5.89. The van der Waals surface area contributed by atoms with E-state index in [0.29, 0.717) is 31.0 Å². The maximum atomic E-state index is 13.2. The molecule has 3 aliphatic rings. The predicted molar refractivity (Wildman–Crippen MR) is 111 cm³/mol. The number of fused-ring (bicyclic) bond motifs is 1. The number of carbonyl (C=O) groups is 2. The van der Waals surface area contributed by atoms with Crippen molar-refractivity contribution in [3.63, 3.8) is 0 Å². The van der Waals surface area contributed by atoms with Crippen molar-refractivity contribution in [2.24, 2.45) is 0 Å². The van der Waals surface area contributed by atoms with Gasteiger partial charge in [0.1, 0.15) is 11.9 Å². The van der Waals surface area contributed by atoms with E-state index in [1.165, 1.54) is 24.3 Å². The summed E-state index contributed by atoms with van der Waals surface area (Å²) >= 11 is 0. The molecule has 0 bridgehead atoms. The van der Waals surface area contributed by atoms with Crippen LogP contribution in [0.15, 0.2) is 24.3 Å². The van der Waals surface area contributed by atoms with Crippen LogP contribution in [-0.2, 0) is 14.3 Å². The van der Waals surface area contributed by atoms with Crippen molar-refractivity contribution < 1.29 is 28.6 Å². The molecule has 0 aromatic heterocycles. The zero-order valence-corrected chi connectivity index (χ0v) is 17.5. The summed E-state index contributed by atoms with van der Waals surface area (Å²) in [4.78, 5) is 26.8. The van der Waals surface area contributed by atoms with Crippen LogP contribution in [-0.4, -0.2) is 72.1 Å². The Kier molecular flexibility index (Phi) is 7.04. The zero-order chi connectivity index (χ0) is 21.8. The van der Waals surface area contributed by atoms with Gasteiger partial charge in [-0.05, 0) is 56.4 Å². The van der Waals surface area contributed by atoms with Crippen molar-refractivity contribution in [2.75, 3.05) is 25.1 Å². The van der Waals surface area contributed by atoms with Gasteiger partial charge in [-0.15, -0.1) is 0 Å². The summed E-state index contributed by atoms with van der Waals surface area (Å²) in [6.45, 7) is 0.437. The van der Waals surface area contributed by atoms with E-state index in [4.69, 9.17) is 9.47 Å². The van der Waals surface area contributed by atoms with Gasteiger partial charge in [0.2, 0.25) is 5.91 Å². The molecule has 1 aromatic rings. The number of urea groups is 1. The molecule has 31 heavy (non-hydrogen) atoms. The van der Waals surface area contributed by atoms with Gasteiger partial charge in [0.15, 0.2) is 0 Å². The molecule has 8 nitrogen and oxygen atoms in total. The monoisotopic (exact) mass is 435 g/mol. The van der Waals surface area contributed by atoms with E-state index in [-0.39, 0.29) is 55.8 Å². The molecule has 9 heteroatoms. The molecule has 2 aliphatic heterocycles. The second kappa shape index (κ2) is 9.93. The Morgan fingerprint density at radius 3 is 2.61 bits per heavy atom. The summed E-state index contributed by atoms with van der Waals surface area (Å²) in [6.07, 6.45) is 3.38. The Balaban J connectivity index is 1.39. The Morgan fingerprint density at radius 2 is 1.90 bits per heavy atom. The molecular formula is C22H30FN3O5. The number of benzene rings is 1. The molecule has 4 rings (SSSR count). The van der Waals surface area contributed by atoms with Crippen molar-refractivity contribution in [3.8, 4) is 0 Å². The average molecular weight is 435 g/mol. The molecule has 2 saturated heterocycles. The normalized spacial score (nSPS) is 29.2. The zero-order valence-electron chi connectivity index (χ0n) is 17.5. The first-order valence-corrected chi connectivity index (χ1v) is 11.0. The lowest BCUT2D eigenvalue weighted by atomic mass is 9.92. The topological polar surface area (TPSA) is 100 Å². The highest BCUT2D eigenvalue weighted by Crippen LogP contribution is 2.28. The van der Waals surface area contributed by atoms with Gasteiger partial charge in [-0.1, -0.05) is 0 Å². The van der Waals surface area contributed by atoms with Gasteiger partial charge in [-0.3, -0.25) is 4.79 Å². The molecule has 170 valence electrons. The SMILES string of the molecule is O=C(C[C@H]1CC[C@@H]2[C@H](COC[C@@H](O)CN2C(=O)Nc2ccc(F)cc2)O1)NC1CCC1. The molecule has 1 aliphatic carbocycles. The number of anilines is 1. The molecule has 2 heterocycles. The van der Waals surface area contributed by atoms with Gasteiger partial charge < -0.3 is 30.1 Å². The minimum atomic E-state index is -0.814. The number of nitrogens with zero attached hydrogens (tertiary/aromatic N) is 1. The Labute approximate surface area is 181 Å². The van der Waals surface area contributed by atoms with Crippen molar-refractivity contribution in [1.29, 1.82) is 0 Å². The van der Waals surface area contributed by atoms with Gasteiger partial charge in [0, 0.05) is 11.7 Å². The lowest BCUT2D eigenvalue weighted by Crippen LogP contribution is -2.58. The summed E-state index contributed by atoms with van der Waals surface area (Å²) in [5, 5.41) is 16.0. The Hall–Kier alpha value is -2.23. The van der Waals surface area contributed by atoms with Crippen LogP contribution in [0.25, 0.3) is 0 Å². The number of β-amino-alcohol motifs (C(OH)–C–C–N with tert-alkyl or cyclic N) is 1. The molecular weight excluding hydrogens is 405 g/mol. The standard InChI is InChI=1S/C22H30FN3O5/c23-14-4-6-16(7-5-14)25-22(29)26-11-17(27)12-30-13-20-19(26)9-8-18(31-20)10-21(28)24-15-2-1-3-15/h4-7,15,17-20,27H,1-3,8-13H2,(H,24,28)(H,25,29)/t17-,18+,19+,20-/m0/s1. The van der Waals surface area contributed by atoms with Crippen LogP contribution < -0.4 is 10.6 Å². The largest absolute Gasteiger partial charge is 0.389 e. The average Bonchev–Trinajstić information content (AvgIpc) is 2.70. The fourth-order valence-electron chi connectivity index (χ4n) is 4.35. The number of hydrogen-bond donors (Lipinski definition) is 3. The number of amides is 3. The summed E-state index contributed by atoms with van der Waals surface area (Å²) in [6, 6.07) is 5.15. The smallest absolute Gasteiger partial charge is 0.322 e. The Morgan fingerprint density at radius 1 is 1.13 bits per heavy atom. The van der Waals surface area contributed by atoms with Crippen molar-refractivity contribution >= 4 is 17.6 Å². The van der Waals surface area contributed by atoms with Crippen molar-refractivity contribution in [1.82, 2.24) is 10.2 Å². The number of ether oxygens (including phenoxy) is 2. The first kappa shape index (κ1) is 22.0. The second-order valence-electron chi connectivity index (χ2n) is 8.62. The lowest BCUT2D eigenvalue weighted by Gasteiger charge is -2.44. The van der Waals surface area contributed by atoms with Gasteiger partial charge in [0.05, 0.1) is 44.4 Å². The first-order valence-electron chi connectivity index (χ1n) is 11.0. The van der Waals surface area contributed by atoms with E-state index in [0.717, 1.165) is 19.3 Å². The van der Waals surface area contributed by atoms with Crippen LogP contribution in [0.3, 0.4) is 0 Å². The number of nitrogens with one attached hydrogen (secondary N) is 2. The van der Waals surface area contributed by atoms with E-state index in [1.807, 2.05) is 0 Å². The lowest BCUT2D eigenvalue weighted by molar-refractivity contribution is -0.150. The maximum absolute atomic E-state index is 13.2. The van der Waals surface area contributed by atoms with Gasteiger partial charge in [-0.2, -0.15) is 0 Å². The number of aliphatic hydroxyl groups is 1. The fraction of sp³-hybridized carbons (Fsp3) is 0.636. The summed E-state index contributed by atoms with van der Waals surface area (Å²) in [5.74, 6) is -0.383. The molecule has 3 fully saturated rings. The van der Waals surface area contributed by atoms with Crippen LogP contribution in [0.1, 0.15) is 38.5 Å². The third kappa shape index (κ3) is 5.72. The van der Waals surface area contributed by atoms with Crippen LogP contribution >= 0.6 is 0 Å². The highest BCUT2D eigenvalue weighted by atomic mass is 19.1. The van der Waals surface area contributed by atoms with Crippen LogP contribution in [0, 0.1) is 5.82 Å². The first-order chi connectivity index (χ1) is 15.0. The molecule has 4 atom stereocenters. The van der Waals surface area contributed by atoms with E-state index in [1.54, 1.807) is 4.90 Å². The molecule has 0 unspecified atom stereocenters. The van der Waals surface area contributed by atoms with Gasteiger partial charge >= 0.3 is 6.03 Å². The van der Waals surface area contributed by atoms with E-state index >= 15 is 0 Å². The summed E-state index contributed by atoms with van der Waals surface area (Å²) in [5.41, 5.74) is 0.470. The molecule has 1 saturated carbocycles.